The number of carbonyl (C=O) groups is 1. The summed E-state index contributed by atoms with van der Waals surface area (Å²) in [5.41, 5.74) is -1.48. The van der Waals surface area contributed by atoms with Crippen LogP contribution in [0.25, 0.3) is 0 Å². The van der Waals surface area contributed by atoms with Gasteiger partial charge in [0.2, 0.25) is 0 Å². The van der Waals surface area contributed by atoms with Crippen molar-refractivity contribution in [3.05, 3.63) is 12.2 Å². The second kappa shape index (κ2) is 5.58. The van der Waals surface area contributed by atoms with Gasteiger partial charge in [-0.25, -0.2) is 0 Å². The molecule has 0 unspecified atom stereocenters. The summed E-state index contributed by atoms with van der Waals surface area (Å²) in [6, 6.07) is 0. The highest BCUT2D eigenvalue weighted by Gasteiger charge is 2.52. The van der Waals surface area contributed by atoms with E-state index in [2.05, 4.69) is 19.1 Å². The van der Waals surface area contributed by atoms with Crippen molar-refractivity contribution >= 4 is 5.78 Å². The molecule has 114 valence electrons. The van der Waals surface area contributed by atoms with Gasteiger partial charge in [0.25, 0.3) is 0 Å². The third-order valence-corrected chi connectivity index (χ3v) is 5.65. The zero-order valence-electron chi connectivity index (χ0n) is 12.4. The summed E-state index contributed by atoms with van der Waals surface area (Å²) in [5, 5.41) is 28.7. The number of hydrogen-bond acceptors (Lipinski definition) is 4. The lowest BCUT2D eigenvalue weighted by Gasteiger charge is -2.51. The maximum absolute atomic E-state index is 12.5. The molecule has 4 nitrogen and oxygen atoms in total. The second-order valence-electron chi connectivity index (χ2n) is 6.75. The Morgan fingerprint density at radius 3 is 2.65 bits per heavy atom. The van der Waals surface area contributed by atoms with Gasteiger partial charge in [-0.05, 0) is 37.0 Å². The number of aliphatic hydroxyl groups is 3. The number of allylic oxidation sites excluding steroid dienone is 2. The Kier molecular flexibility index (Phi) is 4.38. The molecule has 0 saturated heterocycles. The van der Waals surface area contributed by atoms with Crippen molar-refractivity contribution in [3.63, 3.8) is 0 Å². The quantitative estimate of drug-likeness (QED) is 0.679. The maximum atomic E-state index is 12.5. The molecule has 0 spiro atoms. The molecular weight excluding hydrogens is 256 g/mol. The first-order chi connectivity index (χ1) is 9.37. The van der Waals surface area contributed by atoms with E-state index in [1.807, 2.05) is 6.92 Å². The fourth-order valence-electron chi connectivity index (χ4n) is 4.09. The molecule has 0 amide bonds. The fraction of sp³-hybridized carbons (Fsp3) is 0.812. The summed E-state index contributed by atoms with van der Waals surface area (Å²) < 4.78 is 0. The first kappa shape index (κ1) is 15.7. The van der Waals surface area contributed by atoms with Gasteiger partial charge >= 0.3 is 0 Å². The van der Waals surface area contributed by atoms with Crippen LogP contribution >= 0.6 is 0 Å². The molecule has 2 aliphatic rings. The largest absolute Gasteiger partial charge is 0.396 e. The third kappa shape index (κ3) is 2.45. The van der Waals surface area contributed by atoms with Crippen LogP contribution in [0.5, 0.6) is 0 Å². The van der Waals surface area contributed by atoms with Crippen LogP contribution in [0.1, 0.15) is 39.5 Å². The van der Waals surface area contributed by atoms with Crippen LogP contribution < -0.4 is 0 Å². The monoisotopic (exact) mass is 282 g/mol. The minimum Gasteiger partial charge on any atom is -0.396 e. The highest BCUT2D eigenvalue weighted by molar-refractivity contribution is 5.85. The summed E-state index contributed by atoms with van der Waals surface area (Å²) in [5.74, 6) is 0.572. The number of fused-ring (bicyclic) bond motifs is 1. The van der Waals surface area contributed by atoms with Crippen LogP contribution in [0.3, 0.4) is 0 Å². The molecule has 0 heterocycles. The number of aliphatic hydroxyl groups excluding tert-OH is 2. The molecule has 20 heavy (non-hydrogen) atoms. The summed E-state index contributed by atoms with van der Waals surface area (Å²) in [6.45, 7) is 3.72. The fourth-order valence-corrected chi connectivity index (χ4v) is 4.09. The van der Waals surface area contributed by atoms with Gasteiger partial charge in [0.1, 0.15) is 5.78 Å². The average molecular weight is 282 g/mol. The number of rotatable bonds is 4. The van der Waals surface area contributed by atoms with E-state index in [0.717, 1.165) is 6.42 Å². The van der Waals surface area contributed by atoms with E-state index in [9.17, 15) is 15.0 Å². The lowest BCUT2D eigenvalue weighted by atomic mass is 9.53. The van der Waals surface area contributed by atoms with E-state index in [1.165, 1.54) is 0 Å². The smallest absolute Gasteiger partial charge is 0.141 e. The molecule has 5 atom stereocenters. The molecular formula is C16H26O4. The predicted molar refractivity (Wildman–Crippen MR) is 76.0 cm³/mol. The molecule has 0 aliphatic heterocycles. The van der Waals surface area contributed by atoms with Crippen LogP contribution in [0.4, 0.5) is 0 Å². The summed E-state index contributed by atoms with van der Waals surface area (Å²) >= 11 is 0. The van der Waals surface area contributed by atoms with Gasteiger partial charge < -0.3 is 15.3 Å². The topological polar surface area (TPSA) is 77.8 Å². The van der Waals surface area contributed by atoms with Crippen molar-refractivity contribution < 1.29 is 20.1 Å². The highest BCUT2D eigenvalue weighted by atomic mass is 16.3. The standard InChI is InChI=1S/C16H26O4/c1-11-3-4-12-9-16(20,10-18)7-5-13(12)15(11,2)14(19)6-8-17/h3-4,11-13,17-18,20H,5-10H2,1-2H3/t11-,12-,13-,15-,16+/m0/s1. The van der Waals surface area contributed by atoms with Gasteiger partial charge in [-0.15, -0.1) is 0 Å². The lowest BCUT2D eigenvalue weighted by molar-refractivity contribution is -0.142. The first-order valence-electron chi connectivity index (χ1n) is 7.53. The van der Waals surface area contributed by atoms with Crippen molar-refractivity contribution in [3.8, 4) is 0 Å². The predicted octanol–water partition coefficient (Wildman–Crippen LogP) is 1.29. The molecule has 1 saturated carbocycles. The summed E-state index contributed by atoms with van der Waals surface area (Å²) in [4.78, 5) is 12.5. The number of Topliss-reactive ketones (excluding diaryl/α,β-unsaturated/α-hetero) is 1. The van der Waals surface area contributed by atoms with Gasteiger partial charge in [-0.3, -0.25) is 4.79 Å². The molecule has 0 radical (unpaired) electrons. The van der Waals surface area contributed by atoms with Crippen LogP contribution in [0.2, 0.25) is 0 Å². The number of ketones is 1. The number of carbonyl (C=O) groups excluding carboxylic acids is 1. The molecule has 1 fully saturated rings. The Morgan fingerprint density at radius 2 is 2.05 bits per heavy atom. The van der Waals surface area contributed by atoms with E-state index < -0.39 is 11.0 Å². The summed E-state index contributed by atoms with van der Waals surface area (Å²) in [7, 11) is 0. The highest BCUT2D eigenvalue weighted by Crippen LogP contribution is 2.53. The van der Waals surface area contributed by atoms with Gasteiger partial charge in [0.15, 0.2) is 0 Å². The molecule has 4 heteroatoms. The first-order valence-corrected chi connectivity index (χ1v) is 7.53. The van der Waals surface area contributed by atoms with Crippen molar-refractivity contribution in [2.24, 2.45) is 23.2 Å². The zero-order chi connectivity index (χ0) is 15.0. The normalized spacial score (nSPS) is 44.1. The van der Waals surface area contributed by atoms with Crippen molar-refractivity contribution in [2.75, 3.05) is 13.2 Å². The second-order valence-corrected chi connectivity index (χ2v) is 6.75. The van der Waals surface area contributed by atoms with Gasteiger partial charge in [0.05, 0.1) is 12.2 Å². The van der Waals surface area contributed by atoms with Crippen LogP contribution in [0, 0.1) is 23.2 Å². The van der Waals surface area contributed by atoms with Crippen LogP contribution in [-0.4, -0.2) is 39.9 Å². The van der Waals surface area contributed by atoms with E-state index in [4.69, 9.17) is 5.11 Å². The summed E-state index contributed by atoms with van der Waals surface area (Å²) in [6.07, 6.45) is 6.14. The number of hydrogen-bond donors (Lipinski definition) is 3. The van der Waals surface area contributed by atoms with E-state index in [0.29, 0.717) is 12.8 Å². The Bertz CT molecular complexity index is 405. The van der Waals surface area contributed by atoms with Crippen molar-refractivity contribution in [1.29, 1.82) is 0 Å². The molecule has 0 aromatic rings. The van der Waals surface area contributed by atoms with Crippen molar-refractivity contribution in [1.82, 2.24) is 0 Å². The third-order valence-electron chi connectivity index (χ3n) is 5.65. The Balaban J connectivity index is 2.28. The van der Waals surface area contributed by atoms with Gasteiger partial charge in [0, 0.05) is 18.4 Å². The van der Waals surface area contributed by atoms with E-state index >= 15 is 0 Å². The lowest BCUT2D eigenvalue weighted by Crippen LogP contribution is -2.52. The molecule has 2 rings (SSSR count). The minimum atomic E-state index is -1.01. The Hall–Kier alpha value is -0.710. The zero-order valence-corrected chi connectivity index (χ0v) is 12.4. The van der Waals surface area contributed by atoms with Gasteiger partial charge in [-0.2, -0.15) is 0 Å². The van der Waals surface area contributed by atoms with E-state index in [1.54, 1.807) is 0 Å². The minimum absolute atomic E-state index is 0.108. The molecule has 0 bridgehead atoms. The van der Waals surface area contributed by atoms with E-state index in [-0.39, 0.29) is 43.2 Å². The SMILES string of the molecule is C[C@H]1C=C[C@H]2C[C@@](O)(CO)CC[C@@H]2[C@@]1(C)C(=O)CCO. The van der Waals surface area contributed by atoms with Crippen LogP contribution in [-0.2, 0) is 4.79 Å². The van der Waals surface area contributed by atoms with Crippen molar-refractivity contribution in [2.45, 2.75) is 45.1 Å². The molecule has 2 aliphatic carbocycles. The van der Waals surface area contributed by atoms with Gasteiger partial charge in [-0.1, -0.05) is 26.0 Å². The average Bonchev–Trinajstić information content (AvgIpc) is 2.43. The van der Waals surface area contributed by atoms with Crippen LogP contribution in [0.15, 0.2) is 12.2 Å². The molecule has 3 N–H and O–H groups in total. The molecule has 0 aromatic carbocycles. The Labute approximate surface area is 120 Å². The molecule has 0 aromatic heterocycles. The maximum Gasteiger partial charge on any atom is 0.141 e. The Morgan fingerprint density at radius 1 is 1.35 bits per heavy atom.